The van der Waals surface area contributed by atoms with Crippen LogP contribution in [0, 0.1) is 27.7 Å². The standard InChI is InChI=1S/C16H22N2/c1-10(2)18-9-15(8-17-18)16-13(5)11(3)7-12(4)14(16)6/h7-10H,1-6H3. The highest BCUT2D eigenvalue weighted by molar-refractivity contribution is 5.72. The van der Waals surface area contributed by atoms with Gasteiger partial charge in [-0.25, -0.2) is 0 Å². The number of aryl methyl sites for hydroxylation is 2. The Labute approximate surface area is 110 Å². The number of benzene rings is 1. The minimum absolute atomic E-state index is 0.408. The maximum absolute atomic E-state index is 4.45. The predicted molar refractivity (Wildman–Crippen MR) is 77.0 cm³/mol. The maximum atomic E-state index is 4.45. The number of aromatic nitrogens is 2. The Balaban J connectivity index is 2.62. The van der Waals surface area contributed by atoms with Crippen LogP contribution in [0.1, 0.15) is 42.1 Å². The first-order valence-electron chi connectivity index (χ1n) is 6.53. The molecule has 0 radical (unpaired) electrons. The van der Waals surface area contributed by atoms with Crippen molar-refractivity contribution in [2.75, 3.05) is 0 Å². The highest BCUT2D eigenvalue weighted by Gasteiger charge is 2.12. The summed E-state index contributed by atoms with van der Waals surface area (Å²) in [6.45, 7) is 13.1. The van der Waals surface area contributed by atoms with Gasteiger partial charge in [-0.15, -0.1) is 0 Å². The van der Waals surface area contributed by atoms with E-state index in [1.807, 2.05) is 10.9 Å². The van der Waals surface area contributed by atoms with Gasteiger partial charge in [0.25, 0.3) is 0 Å². The molecule has 0 fully saturated rings. The molecule has 1 heterocycles. The minimum atomic E-state index is 0.408. The number of rotatable bonds is 2. The van der Waals surface area contributed by atoms with Crippen LogP contribution in [0.15, 0.2) is 18.5 Å². The molecule has 1 aromatic heterocycles. The maximum Gasteiger partial charge on any atom is 0.0568 e. The van der Waals surface area contributed by atoms with Crippen molar-refractivity contribution in [2.45, 2.75) is 47.6 Å². The third kappa shape index (κ3) is 2.07. The third-order valence-electron chi connectivity index (χ3n) is 3.79. The van der Waals surface area contributed by atoms with Crippen molar-refractivity contribution < 1.29 is 0 Å². The average Bonchev–Trinajstić information content (AvgIpc) is 2.76. The average molecular weight is 242 g/mol. The Morgan fingerprint density at radius 3 is 2.00 bits per heavy atom. The van der Waals surface area contributed by atoms with Gasteiger partial charge in [0.1, 0.15) is 0 Å². The van der Waals surface area contributed by atoms with Crippen LogP contribution in [0.3, 0.4) is 0 Å². The number of hydrogen-bond acceptors (Lipinski definition) is 1. The van der Waals surface area contributed by atoms with Crippen molar-refractivity contribution in [2.24, 2.45) is 0 Å². The van der Waals surface area contributed by atoms with E-state index in [1.165, 1.54) is 33.4 Å². The van der Waals surface area contributed by atoms with Gasteiger partial charge in [0.05, 0.1) is 6.20 Å². The Bertz CT molecular complexity index is 551. The molecule has 0 saturated heterocycles. The van der Waals surface area contributed by atoms with Crippen LogP contribution in [0.25, 0.3) is 11.1 Å². The second-order valence-electron chi connectivity index (χ2n) is 5.44. The van der Waals surface area contributed by atoms with Crippen LogP contribution < -0.4 is 0 Å². The van der Waals surface area contributed by atoms with E-state index < -0.39 is 0 Å². The first-order chi connectivity index (χ1) is 8.41. The van der Waals surface area contributed by atoms with Gasteiger partial charge in [-0.05, 0) is 69.4 Å². The van der Waals surface area contributed by atoms with E-state index in [2.05, 4.69) is 58.9 Å². The van der Waals surface area contributed by atoms with Gasteiger partial charge >= 0.3 is 0 Å². The summed E-state index contributed by atoms with van der Waals surface area (Å²) < 4.78 is 2.02. The molecule has 0 aliphatic heterocycles. The fourth-order valence-corrected chi connectivity index (χ4v) is 2.40. The van der Waals surface area contributed by atoms with Gasteiger partial charge in [0.15, 0.2) is 0 Å². The lowest BCUT2D eigenvalue weighted by molar-refractivity contribution is 0.532. The van der Waals surface area contributed by atoms with Crippen molar-refractivity contribution in [3.63, 3.8) is 0 Å². The van der Waals surface area contributed by atoms with E-state index in [4.69, 9.17) is 0 Å². The topological polar surface area (TPSA) is 17.8 Å². The minimum Gasteiger partial charge on any atom is -0.270 e. The Morgan fingerprint density at radius 2 is 1.56 bits per heavy atom. The molecule has 0 aliphatic rings. The van der Waals surface area contributed by atoms with E-state index in [1.54, 1.807) is 0 Å². The molecule has 2 heteroatoms. The summed E-state index contributed by atoms with van der Waals surface area (Å²) >= 11 is 0. The monoisotopic (exact) mass is 242 g/mol. The van der Waals surface area contributed by atoms with Crippen molar-refractivity contribution in [1.29, 1.82) is 0 Å². The molecule has 0 atom stereocenters. The van der Waals surface area contributed by atoms with Gasteiger partial charge in [-0.1, -0.05) is 6.07 Å². The lowest BCUT2D eigenvalue weighted by atomic mass is 9.91. The van der Waals surface area contributed by atoms with Crippen molar-refractivity contribution in [3.8, 4) is 11.1 Å². The van der Waals surface area contributed by atoms with E-state index in [0.717, 1.165) is 0 Å². The first-order valence-corrected chi connectivity index (χ1v) is 6.53. The zero-order valence-corrected chi connectivity index (χ0v) is 12.2. The van der Waals surface area contributed by atoms with E-state index in [-0.39, 0.29) is 0 Å². The third-order valence-corrected chi connectivity index (χ3v) is 3.79. The van der Waals surface area contributed by atoms with Gasteiger partial charge in [0, 0.05) is 17.8 Å². The normalized spacial score (nSPS) is 11.3. The summed E-state index contributed by atoms with van der Waals surface area (Å²) in [7, 11) is 0. The second-order valence-corrected chi connectivity index (χ2v) is 5.44. The Kier molecular flexibility index (Phi) is 3.29. The lowest BCUT2D eigenvalue weighted by Gasteiger charge is -2.14. The number of hydrogen-bond donors (Lipinski definition) is 0. The summed E-state index contributed by atoms with van der Waals surface area (Å²) in [4.78, 5) is 0. The highest BCUT2D eigenvalue weighted by Crippen LogP contribution is 2.31. The molecular formula is C16H22N2. The largest absolute Gasteiger partial charge is 0.270 e. The molecule has 2 aromatic rings. The molecule has 0 spiro atoms. The predicted octanol–water partition coefficient (Wildman–Crippen LogP) is 4.36. The van der Waals surface area contributed by atoms with Gasteiger partial charge in [-0.2, -0.15) is 5.10 Å². The van der Waals surface area contributed by atoms with Crippen molar-refractivity contribution in [1.82, 2.24) is 9.78 Å². The van der Waals surface area contributed by atoms with Crippen LogP contribution in [-0.4, -0.2) is 9.78 Å². The smallest absolute Gasteiger partial charge is 0.0568 e. The second kappa shape index (κ2) is 4.60. The molecule has 0 saturated carbocycles. The number of nitrogens with zero attached hydrogens (tertiary/aromatic N) is 2. The summed E-state index contributed by atoms with van der Waals surface area (Å²) in [6, 6.07) is 2.67. The molecule has 0 unspecified atom stereocenters. The molecule has 0 amide bonds. The quantitative estimate of drug-likeness (QED) is 0.765. The summed E-state index contributed by atoms with van der Waals surface area (Å²) in [6.07, 6.45) is 4.13. The highest BCUT2D eigenvalue weighted by atomic mass is 15.3. The van der Waals surface area contributed by atoms with E-state index >= 15 is 0 Å². The van der Waals surface area contributed by atoms with Crippen LogP contribution in [0.5, 0.6) is 0 Å². The van der Waals surface area contributed by atoms with Gasteiger partial charge in [0.2, 0.25) is 0 Å². The molecule has 18 heavy (non-hydrogen) atoms. The summed E-state index contributed by atoms with van der Waals surface area (Å²) in [5, 5.41) is 4.45. The Morgan fingerprint density at radius 1 is 1.00 bits per heavy atom. The molecule has 0 aliphatic carbocycles. The summed E-state index contributed by atoms with van der Waals surface area (Å²) in [5.41, 5.74) is 8.00. The van der Waals surface area contributed by atoms with Gasteiger partial charge in [-0.3, -0.25) is 4.68 Å². The Hall–Kier alpha value is -1.57. The van der Waals surface area contributed by atoms with Crippen LogP contribution in [-0.2, 0) is 0 Å². The molecule has 2 rings (SSSR count). The zero-order chi connectivity index (χ0) is 13.4. The molecule has 0 bridgehead atoms. The SMILES string of the molecule is Cc1cc(C)c(C)c(-c2cnn(C(C)C)c2)c1C. The fourth-order valence-electron chi connectivity index (χ4n) is 2.40. The molecule has 96 valence electrons. The first kappa shape index (κ1) is 12.9. The molecule has 1 aromatic carbocycles. The van der Waals surface area contributed by atoms with Crippen LogP contribution in [0.2, 0.25) is 0 Å². The van der Waals surface area contributed by atoms with E-state index in [0.29, 0.717) is 6.04 Å². The fraction of sp³-hybridized carbons (Fsp3) is 0.438. The lowest BCUT2D eigenvalue weighted by Crippen LogP contribution is -2.00. The van der Waals surface area contributed by atoms with Crippen molar-refractivity contribution >= 4 is 0 Å². The van der Waals surface area contributed by atoms with Crippen molar-refractivity contribution in [3.05, 3.63) is 40.7 Å². The van der Waals surface area contributed by atoms with E-state index in [9.17, 15) is 0 Å². The van der Waals surface area contributed by atoms with Crippen LogP contribution >= 0.6 is 0 Å². The zero-order valence-electron chi connectivity index (χ0n) is 12.2. The molecule has 2 nitrogen and oxygen atoms in total. The molecular weight excluding hydrogens is 220 g/mol. The molecule has 0 N–H and O–H groups in total. The summed E-state index contributed by atoms with van der Waals surface area (Å²) in [5.74, 6) is 0. The van der Waals surface area contributed by atoms with Gasteiger partial charge < -0.3 is 0 Å². The van der Waals surface area contributed by atoms with Crippen LogP contribution in [0.4, 0.5) is 0 Å².